The predicted octanol–water partition coefficient (Wildman–Crippen LogP) is 3.29. The molecule has 7 heteroatoms. The number of amides is 1. The molecule has 0 bridgehead atoms. The maximum absolute atomic E-state index is 12.8. The first-order chi connectivity index (χ1) is 13.5. The second kappa shape index (κ2) is 9.70. The summed E-state index contributed by atoms with van der Waals surface area (Å²) in [7, 11) is 0. The fourth-order valence-corrected chi connectivity index (χ4v) is 4.63. The zero-order valence-corrected chi connectivity index (χ0v) is 17.3. The molecule has 1 fully saturated rings. The molecule has 2 aromatic rings. The summed E-state index contributed by atoms with van der Waals surface area (Å²) in [4.78, 5) is 16.9. The van der Waals surface area contributed by atoms with Crippen molar-refractivity contribution in [1.29, 1.82) is 0 Å². The van der Waals surface area contributed by atoms with Gasteiger partial charge in [-0.3, -0.25) is 15.1 Å². The van der Waals surface area contributed by atoms with E-state index in [4.69, 9.17) is 28.9 Å². The Hall–Kier alpha value is -1.66. The molecule has 1 aromatic heterocycles. The summed E-state index contributed by atoms with van der Waals surface area (Å²) in [5, 5.41) is 7.67. The van der Waals surface area contributed by atoms with Crippen molar-refractivity contribution in [3.63, 3.8) is 0 Å². The number of hydrogen-bond acceptors (Lipinski definition) is 4. The summed E-state index contributed by atoms with van der Waals surface area (Å²) in [5.74, 6) is 0.131. The van der Waals surface area contributed by atoms with Gasteiger partial charge in [0.15, 0.2) is 0 Å². The van der Waals surface area contributed by atoms with Crippen LogP contribution in [0.25, 0.3) is 0 Å². The fourth-order valence-electron chi connectivity index (χ4n) is 3.91. The lowest BCUT2D eigenvalue weighted by Crippen LogP contribution is -2.55. The summed E-state index contributed by atoms with van der Waals surface area (Å²) in [6.07, 6.45) is 7.00. The normalized spacial score (nSPS) is 17.2. The van der Waals surface area contributed by atoms with E-state index in [1.807, 2.05) is 12.1 Å². The minimum absolute atomic E-state index is 0.348. The number of benzene rings is 1. The molecule has 0 spiro atoms. The van der Waals surface area contributed by atoms with Crippen molar-refractivity contribution in [2.24, 2.45) is 11.7 Å². The van der Waals surface area contributed by atoms with Gasteiger partial charge in [0.2, 0.25) is 5.91 Å². The van der Waals surface area contributed by atoms with E-state index in [0.717, 1.165) is 37.9 Å². The lowest BCUT2D eigenvalue weighted by molar-refractivity contribution is -0.124. The lowest BCUT2D eigenvalue weighted by Gasteiger charge is -2.35. The predicted molar refractivity (Wildman–Crippen MR) is 113 cm³/mol. The van der Waals surface area contributed by atoms with Gasteiger partial charge < -0.3 is 11.1 Å². The second-order valence-corrected chi connectivity index (χ2v) is 8.12. The van der Waals surface area contributed by atoms with Crippen molar-refractivity contribution in [3.8, 4) is 0 Å². The van der Waals surface area contributed by atoms with E-state index < -0.39 is 11.4 Å². The Kier molecular flexibility index (Phi) is 7.30. The van der Waals surface area contributed by atoms with Crippen LogP contribution in [0, 0.1) is 5.92 Å². The number of aromatic nitrogens is 1. The lowest BCUT2D eigenvalue weighted by atomic mass is 9.82. The quantitative estimate of drug-likeness (QED) is 0.611. The van der Waals surface area contributed by atoms with E-state index in [-0.39, 0.29) is 0 Å². The van der Waals surface area contributed by atoms with Crippen molar-refractivity contribution >= 4 is 29.1 Å². The molecule has 1 unspecified atom stereocenters. The molecule has 5 nitrogen and oxygen atoms in total. The number of nitrogens with two attached hydrogens (primary N) is 1. The summed E-state index contributed by atoms with van der Waals surface area (Å²) < 4.78 is 0. The smallest absolute Gasteiger partial charge is 0.242 e. The Balaban J connectivity index is 1.92. The summed E-state index contributed by atoms with van der Waals surface area (Å²) in [5.41, 5.74) is 6.24. The molecule has 0 radical (unpaired) electrons. The van der Waals surface area contributed by atoms with Crippen LogP contribution in [0.3, 0.4) is 0 Å². The zero-order valence-electron chi connectivity index (χ0n) is 15.8. The molecule has 0 aliphatic carbocycles. The Bertz CT molecular complexity index is 776. The topological polar surface area (TPSA) is 80.0 Å². The third-order valence-corrected chi connectivity index (χ3v) is 6.10. The van der Waals surface area contributed by atoms with E-state index >= 15 is 0 Å². The van der Waals surface area contributed by atoms with Gasteiger partial charge in [0, 0.05) is 34.4 Å². The van der Waals surface area contributed by atoms with Crippen LogP contribution < -0.4 is 16.4 Å². The van der Waals surface area contributed by atoms with Crippen molar-refractivity contribution in [2.75, 3.05) is 19.6 Å². The Labute approximate surface area is 176 Å². The standard InChI is InChI=1S/C21H26Cl2N4O/c22-17-2-1-3-18(23)19(17)21(20(24)28,14-16-6-11-26-12-7-16)27-13-8-15-4-9-25-10-5-15/h1-3,6-7,11-12,15,25,27H,4-5,8-10,13-14H2,(H2,24,28). The average Bonchev–Trinajstić information content (AvgIpc) is 2.69. The van der Waals surface area contributed by atoms with Gasteiger partial charge in [-0.2, -0.15) is 0 Å². The Morgan fingerprint density at radius 3 is 2.43 bits per heavy atom. The van der Waals surface area contributed by atoms with Crippen LogP contribution in [-0.4, -0.2) is 30.5 Å². The van der Waals surface area contributed by atoms with E-state index in [1.165, 1.54) is 0 Å². The van der Waals surface area contributed by atoms with Crippen LogP contribution in [0.4, 0.5) is 0 Å². The SMILES string of the molecule is NC(=O)C(Cc1ccncc1)(NCCC1CCNCC1)c1c(Cl)cccc1Cl. The summed E-state index contributed by atoms with van der Waals surface area (Å²) in [6.45, 7) is 2.73. The first-order valence-corrected chi connectivity index (χ1v) is 10.4. The molecular weight excluding hydrogens is 395 g/mol. The minimum atomic E-state index is -1.19. The van der Waals surface area contributed by atoms with Crippen molar-refractivity contribution < 1.29 is 4.79 Å². The van der Waals surface area contributed by atoms with Crippen LogP contribution in [0.5, 0.6) is 0 Å². The number of carbonyl (C=O) groups excluding carboxylic acids is 1. The van der Waals surface area contributed by atoms with Gasteiger partial charge in [0.05, 0.1) is 0 Å². The molecule has 2 heterocycles. The number of pyridine rings is 1. The third kappa shape index (κ3) is 4.84. The Morgan fingerprint density at radius 1 is 1.18 bits per heavy atom. The van der Waals surface area contributed by atoms with Gasteiger partial charge >= 0.3 is 0 Å². The molecule has 1 aliphatic heterocycles. The molecule has 1 aromatic carbocycles. The molecule has 1 aliphatic rings. The van der Waals surface area contributed by atoms with Gasteiger partial charge in [-0.25, -0.2) is 0 Å². The first-order valence-electron chi connectivity index (χ1n) is 9.62. The minimum Gasteiger partial charge on any atom is -0.368 e. The van der Waals surface area contributed by atoms with E-state index in [1.54, 1.807) is 30.6 Å². The van der Waals surface area contributed by atoms with Crippen LogP contribution in [0.1, 0.15) is 30.4 Å². The third-order valence-electron chi connectivity index (χ3n) is 5.47. The summed E-state index contributed by atoms with van der Waals surface area (Å²) >= 11 is 13.0. The van der Waals surface area contributed by atoms with Gasteiger partial charge in [-0.15, -0.1) is 0 Å². The number of halogens is 2. The Morgan fingerprint density at radius 2 is 1.82 bits per heavy atom. The number of nitrogens with zero attached hydrogens (tertiary/aromatic N) is 1. The maximum atomic E-state index is 12.8. The molecule has 150 valence electrons. The van der Waals surface area contributed by atoms with Crippen LogP contribution in [-0.2, 0) is 16.8 Å². The van der Waals surface area contributed by atoms with Crippen molar-refractivity contribution in [1.82, 2.24) is 15.6 Å². The van der Waals surface area contributed by atoms with E-state index in [2.05, 4.69) is 15.6 Å². The number of primary amides is 1. The van der Waals surface area contributed by atoms with Crippen LogP contribution in [0.2, 0.25) is 10.0 Å². The fraction of sp³-hybridized carbons (Fsp3) is 0.429. The highest BCUT2D eigenvalue weighted by atomic mass is 35.5. The molecule has 4 N–H and O–H groups in total. The highest BCUT2D eigenvalue weighted by Crippen LogP contribution is 2.37. The van der Waals surface area contributed by atoms with Crippen molar-refractivity contribution in [3.05, 3.63) is 63.9 Å². The maximum Gasteiger partial charge on any atom is 0.242 e. The van der Waals surface area contributed by atoms with Gasteiger partial charge in [0.25, 0.3) is 0 Å². The van der Waals surface area contributed by atoms with E-state index in [9.17, 15) is 4.79 Å². The molecular formula is C21H26Cl2N4O. The second-order valence-electron chi connectivity index (χ2n) is 7.31. The van der Waals surface area contributed by atoms with Gasteiger partial charge in [-0.05, 0) is 74.6 Å². The van der Waals surface area contributed by atoms with Gasteiger partial charge in [-0.1, -0.05) is 29.3 Å². The van der Waals surface area contributed by atoms with Gasteiger partial charge in [0.1, 0.15) is 5.54 Å². The largest absolute Gasteiger partial charge is 0.368 e. The number of carbonyl (C=O) groups is 1. The molecule has 1 saturated heterocycles. The highest BCUT2D eigenvalue weighted by Gasteiger charge is 2.41. The molecule has 1 amide bonds. The first kappa shape index (κ1) is 21.1. The molecule has 0 saturated carbocycles. The molecule has 1 atom stereocenters. The zero-order chi connectivity index (χ0) is 20.0. The number of piperidine rings is 1. The molecule has 28 heavy (non-hydrogen) atoms. The monoisotopic (exact) mass is 420 g/mol. The number of rotatable bonds is 8. The number of hydrogen-bond donors (Lipinski definition) is 3. The van der Waals surface area contributed by atoms with Crippen LogP contribution in [0.15, 0.2) is 42.7 Å². The van der Waals surface area contributed by atoms with E-state index in [0.29, 0.717) is 34.5 Å². The molecule has 3 rings (SSSR count). The number of nitrogens with one attached hydrogen (secondary N) is 2. The average molecular weight is 421 g/mol. The highest BCUT2D eigenvalue weighted by molar-refractivity contribution is 6.36. The van der Waals surface area contributed by atoms with Crippen molar-refractivity contribution in [2.45, 2.75) is 31.2 Å². The summed E-state index contributed by atoms with van der Waals surface area (Å²) in [6, 6.07) is 8.98. The van der Waals surface area contributed by atoms with Crippen LogP contribution >= 0.6 is 23.2 Å².